The Morgan fingerprint density at radius 1 is 1.14 bits per heavy atom. The van der Waals surface area contributed by atoms with Crippen LogP contribution >= 0.6 is 0 Å². The Labute approximate surface area is 125 Å². The van der Waals surface area contributed by atoms with Gasteiger partial charge in [0, 0.05) is 19.3 Å². The summed E-state index contributed by atoms with van der Waals surface area (Å²) in [4.78, 5) is 0. The molecule has 1 aromatic heterocycles. The van der Waals surface area contributed by atoms with E-state index in [1.54, 1.807) is 14.2 Å². The molecule has 0 saturated carbocycles. The van der Waals surface area contributed by atoms with Crippen molar-refractivity contribution in [3.8, 4) is 11.5 Å². The second-order valence-electron chi connectivity index (χ2n) is 5.11. The largest absolute Gasteiger partial charge is 0.493 e. The summed E-state index contributed by atoms with van der Waals surface area (Å²) in [6.07, 6.45) is 5.84. The van der Waals surface area contributed by atoms with Crippen LogP contribution in [-0.2, 0) is 19.9 Å². The van der Waals surface area contributed by atoms with Crippen molar-refractivity contribution >= 4 is 0 Å². The molecule has 5 heteroatoms. The Morgan fingerprint density at radius 3 is 2.43 bits per heavy atom. The van der Waals surface area contributed by atoms with Crippen molar-refractivity contribution in [1.29, 1.82) is 0 Å². The molecule has 1 N–H and O–H groups in total. The zero-order valence-corrected chi connectivity index (χ0v) is 13.1. The highest BCUT2D eigenvalue weighted by atomic mass is 16.5. The van der Waals surface area contributed by atoms with Crippen LogP contribution in [-0.4, -0.2) is 37.1 Å². The van der Waals surface area contributed by atoms with E-state index in [0.29, 0.717) is 6.04 Å². The lowest BCUT2D eigenvalue weighted by atomic mass is 10.0. The fraction of sp³-hybridized carbons (Fsp3) is 0.438. The van der Waals surface area contributed by atoms with Gasteiger partial charge in [-0.15, -0.1) is 0 Å². The highest BCUT2D eigenvalue weighted by Gasteiger charge is 2.12. The molecule has 114 valence electrons. The molecule has 1 heterocycles. The zero-order valence-electron chi connectivity index (χ0n) is 13.1. The van der Waals surface area contributed by atoms with Crippen LogP contribution in [0.3, 0.4) is 0 Å². The van der Waals surface area contributed by atoms with Crippen LogP contribution in [0.4, 0.5) is 0 Å². The number of rotatable bonds is 7. The predicted octanol–water partition coefficient (Wildman–Crippen LogP) is 1.81. The summed E-state index contributed by atoms with van der Waals surface area (Å²) in [6, 6.07) is 6.42. The molecule has 0 saturated heterocycles. The molecule has 1 aromatic carbocycles. The topological polar surface area (TPSA) is 48.3 Å². The number of hydrogen-bond donors (Lipinski definition) is 1. The van der Waals surface area contributed by atoms with Gasteiger partial charge in [0.1, 0.15) is 0 Å². The Hall–Kier alpha value is -2.01. The first-order chi connectivity index (χ1) is 10.2. The molecule has 0 aliphatic carbocycles. The molecular weight excluding hydrogens is 266 g/mol. The Kier molecular flexibility index (Phi) is 5.22. The molecule has 1 unspecified atom stereocenters. The Bertz CT molecular complexity index is 581. The van der Waals surface area contributed by atoms with E-state index in [1.807, 2.05) is 37.1 Å². The van der Waals surface area contributed by atoms with Gasteiger partial charge in [0.25, 0.3) is 0 Å². The summed E-state index contributed by atoms with van der Waals surface area (Å²) in [6.45, 7) is 0. The van der Waals surface area contributed by atoms with Crippen molar-refractivity contribution in [1.82, 2.24) is 15.1 Å². The molecule has 1 atom stereocenters. The van der Waals surface area contributed by atoms with Crippen molar-refractivity contribution in [2.24, 2.45) is 7.05 Å². The summed E-state index contributed by atoms with van der Waals surface area (Å²) in [5, 5.41) is 7.58. The van der Waals surface area contributed by atoms with Crippen LogP contribution in [0.1, 0.15) is 11.1 Å². The molecule has 2 aromatic rings. The van der Waals surface area contributed by atoms with E-state index in [1.165, 1.54) is 11.1 Å². The standard InChI is InChI=1S/C16H23N3O2/c1-17-14(8-13-10-18-19(2)11-13)7-12-5-6-15(20-3)16(9-12)21-4/h5-6,9-11,14,17H,7-8H2,1-4H3. The SMILES string of the molecule is CNC(Cc1ccc(OC)c(OC)c1)Cc1cnn(C)c1. The summed E-state index contributed by atoms with van der Waals surface area (Å²) in [7, 11) is 7.23. The van der Waals surface area contributed by atoms with Gasteiger partial charge in [-0.3, -0.25) is 4.68 Å². The van der Waals surface area contributed by atoms with Gasteiger partial charge in [0.2, 0.25) is 0 Å². The van der Waals surface area contributed by atoms with Gasteiger partial charge in [-0.1, -0.05) is 6.07 Å². The van der Waals surface area contributed by atoms with E-state index in [0.717, 1.165) is 24.3 Å². The normalized spacial score (nSPS) is 12.2. The van der Waals surface area contributed by atoms with Crippen LogP contribution in [0.5, 0.6) is 11.5 Å². The number of methoxy groups -OCH3 is 2. The minimum atomic E-state index is 0.354. The molecular formula is C16H23N3O2. The molecule has 0 spiro atoms. The van der Waals surface area contributed by atoms with Crippen LogP contribution in [0.15, 0.2) is 30.6 Å². The van der Waals surface area contributed by atoms with Gasteiger partial charge in [0.15, 0.2) is 11.5 Å². The van der Waals surface area contributed by atoms with Gasteiger partial charge < -0.3 is 14.8 Å². The first-order valence-electron chi connectivity index (χ1n) is 7.02. The predicted molar refractivity (Wildman–Crippen MR) is 83.0 cm³/mol. The van der Waals surface area contributed by atoms with E-state index in [9.17, 15) is 0 Å². The van der Waals surface area contributed by atoms with Crippen LogP contribution in [0.2, 0.25) is 0 Å². The summed E-state index contributed by atoms with van der Waals surface area (Å²) in [5.74, 6) is 1.53. The molecule has 0 bridgehead atoms. The third kappa shape index (κ3) is 3.98. The lowest BCUT2D eigenvalue weighted by molar-refractivity contribution is 0.354. The maximum absolute atomic E-state index is 5.35. The Balaban J connectivity index is 2.07. The quantitative estimate of drug-likeness (QED) is 0.844. The van der Waals surface area contributed by atoms with Gasteiger partial charge in [-0.2, -0.15) is 5.10 Å². The molecule has 0 amide bonds. The molecule has 2 rings (SSSR count). The smallest absolute Gasteiger partial charge is 0.160 e. The third-order valence-corrected chi connectivity index (χ3v) is 3.58. The number of nitrogens with one attached hydrogen (secondary N) is 1. The number of aromatic nitrogens is 2. The molecule has 0 radical (unpaired) electrons. The average Bonchev–Trinajstić information content (AvgIpc) is 2.91. The monoisotopic (exact) mass is 289 g/mol. The molecule has 0 aliphatic rings. The van der Waals surface area contributed by atoms with Crippen LogP contribution in [0.25, 0.3) is 0 Å². The second-order valence-corrected chi connectivity index (χ2v) is 5.11. The van der Waals surface area contributed by atoms with Crippen molar-refractivity contribution in [3.63, 3.8) is 0 Å². The molecule has 0 fully saturated rings. The average molecular weight is 289 g/mol. The van der Waals surface area contributed by atoms with E-state index in [4.69, 9.17) is 9.47 Å². The first-order valence-corrected chi connectivity index (χ1v) is 7.02. The van der Waals surface area contributed by atoms with E-state index in [-0.39, 0.29) is 0 Å². The Morgan fingerprint density at radius 2 is 1.86 bits per heavy atom. The van der Waals surface area contributed by atoms with Gasteiger partial charge in [-0.25, -0.2) is 0 Å². The van der Waals surface area contributed by atoms with E-state index < -0.39 is 0 Å². The zero-order chi connectivity index (χ0) is 15.2. The van der Waals surface area contributed by atoms with Gasteiger partial charge >= 0.3 is 0 Å². The highest BCUT2D eigenvalue weighted by molar-refractivity contribution is 5.43. The van der Waals surface area contributed by atoms with Crippen molar-refractivity contribution in [2.75, 3.05) is 21.3 Å². The lowest BCUT2D eigenvalue weighted by Gasteiger charge is -2.16. The van der Waals surface area contributed by atoms with Crippen molar-refractivity contribution in [3.05, 3.63) is 41.7 Å². The van der Waals surface area contributed by atoms with Gasteiger partial charge in [-0.05, 0) is 43.1 Å². The fourth-order valence-electron chi connectivity index (χ4n) is 2.43. The number of nitrogens with zero attached hydrogens (tertiary/aromatic N) is 2. The number of likely N-dealkylation sites (N-methyl/N-ethyl adjacent to an activating group) is 1. The third-order valence-electron chi connectivity index (χ3n) is 3.58. The minimum absolute atomic E-state index is 0.354. The van der Waals surface area contributed by atoms with Crippen molar-refractivity contribution < 1.29 is 9.47 Å². The van der Waals surface area contributed by atoms with E-state index in [2.05, 4.69) is 22.7 Å². The summed E-state index contributed by atoms with van der Waals surface area (Å²) in [5.41, 5.74) is 2.45. The molecule has 21 heavy (non-hydrogen) atoms. The summed E-state index contributed by atoms with van der Waals surface area (Å²) >= 11 is 0. The minimum Gasteiger partial charge on any atom is -0.493 e. The van der Waals surface area contributed by atoms with Crippen LogP contribution in [0, 0.1) is 0 Å². The maximum Gasteiger partial charge on any atom is 0.160 e. The fourth-order valence-corrected chi connectivity index (χ4v) is 2.43. The second kappa shape index (κ2) is 7.13. The number of benzene rings is 1. The van der Waals surface area contributed by atoms with E-state index >= 15 is 0 Å². The van der Waals surface area contributed by atoms with Crippen LogP contribution < -0.4 is 14.8 Å². The van der Waals surface area contributed by atoms with Gasteiger partial charge in [0.05, 0.1) is 20.4 Å². The number of ether oxygens (including phenoxy) is 2. The first kappa shape index (κ1) is 15.4. The number of hydrogen-bond acceptors (Lipinski definition) is 4. The molecule has 0 aliphatic heterocycles. The molecule has 5 nitrogen and oxygen atoms in total. The highest BCUT2D eigenvalue weighted by Crippen LogP contribution is 2.28. The number of aryl methyl sites for hydroxylation is 1. The lowest BCUT2D eigenvalue weighted by Crippen LogP contribution is -2.29. The summed E-state index contributed by atoms with van der Waals surface area (Å²) < 4.78 is 12.5. The van der Waals surface area contributed by atoms with Crippen molar-refractivity contribution in [2.45, 2.75) is 18.9 Å². The maximum atomic E-state index is 5.35.